The highest BCUT2D eigenvalue weighted by Crippen LogP contribution is 2.15. The van der Waals surface area contributed by atoms with Gasteiger partial charge in [-0.3, -0.25) is 4.79 Å². The van der Waals surface area contributed by atoms with Crippen LogP contribution in [0.4, 0.5) is 0 Å². The molecule has 2 aromatic carbocycles. The summed E-state index contributed by atoms with van der Waals surface area (Å²) in [5, 5.41) is 0. The fourth-order valence-electron chi connectivity index (χ4n) is 2.37. The Morgan fingerprint density at radius 1 is 1.12 bits per heavy atom. The Hall–Kier alpha value is -2.30. The Kier molecular flexibility index (Phi) is 9.37. The molecule has 0 heterocycles. The molecule has 0 spiro atoms. The van der Waals surface area contributed by atoms with Crippen molar-refractivity contribution in [3.8, 4) is 5.75 Å². The van der Waals surface area contributed by atoms with Crippen molar-refractivity contribution in [1.29, 1.82) is 0 Å². The molecule has 0 saturated carbocycles. The van der Waals surface area contributed by atoms with Gasteiger partial charge in [-0.25, -0.2) is 0 Å². The molecule has 2 N–H and O–H groups in total. The molecule has 0 aromatic heterocycles. The van der Waals surface area contributed by atoms with Gasteiger partial charge in [-0.1, -0.05) is 43.0 Å². The lowest BCUT2D eigenvalue weighted by atomic mass is 10.1. The number of benzene rings is 2. The van der Waals surface area contributed by atoms with Crippen LogP contribution in [-0.4, -0.2) is 30.5 Å². The summed E-state index contributed by atoms with van der Waals surface area (Å²) < 4.78 is 5.45. The number of amides is 1. The molecular weight excluding hydrogens is 336 g/mol. The monoisotopic (exact) mass is 360 g/mol. The molecule has 0 aliphatic heterocycles. The number of nitrogens with two attached hydrogens (primary N) is 1. The smallest absolute Gasteiger partial charge is 0.254 e. The molecule has 4 nitrogen and oxygen atoms in total. The van der Waals surface area contributed by atoms with E-state index >= 15 is 0 Å². The molecular formula is C20H25ClN2O2. The van der Waals surface area contributed by atoms with E-state index in [-0.39, 0.29) is 18.3 Å². The third-order valence-corrected chi connectivity index (χ3v) is 3.60. The number of rotatable bonds is 9. The van der Waals surface area contributed by atoms with Crippen LogP contribution in [0.5, 0.6) is 5.75 Å². The van der Waals surface area contributed by atoms with E-state index in [1.165, 1.54) is 0 Å². The highest BCUT2D eigenvalue weighted by molar-refractivity contribution is 5.94. The maximum absolute atomic E-state index is 12.8. The van der Waals surface area contributed by atoms with Crippen molar-refractivity contribution >= 4 is 18.3 Å². The Morgan fingerprint density at radius 3 is 2.40 bits per heavy atom. The van der Waals surface area contributed by atoms with Gasteiger partial charge in [0.15, 0.2) is 0 Å². The lowest BCUT2D eigenvalue weighted by Crippen LogP contribution is -2.32. The van der Waals surface area contributed by atoms with Gasteiger partial charge in [-0.05, 0) is 42.8 Å². The molecule has 134 valence electrons. The minimum atomic E-state index is 0. The average molecular weight is 361 g/mol. The Morgan fingerprint density at radius 2 is 1.80 bits per heavy atom. The summed E-state index contributed by atoms with van der Waals surface area (Å²) >= 11 is 0. The van der Waals surface area contributed by atoms with Gasteiger partial charge in [0.1, 0.15) is 12.4 Å². The van der Waals surface area contributed by atoms with Crippen molar-refractivity contribution in [2.45, 2.75) is 13.0 Å². The van der Waals surface area contributed by atoms with E-state index in [1.54, 1.807) is 30.3 Å². The van der Waals surface area contributed by atoms with Gasteiger partial charge < -0.3 is 15.4 Å². The Balaban J connectivity index is 0.00000312. The van der Waals surface area contributed by atoms with Crippen molar-refractivity contribution in [2.24, 2.45) is 5.73 Å². The maximum atomic E-state index is 12.8. The van der Waals surface area contributed by atoms with E-state index in [4.69, 9.17) is 10.5 Å². The fourth-order valence-corrected chi connectivity index (χ4v) is 2.37. The molecule has 0 aliphatic rings. The second-order valence-corrected chi connectivity index (χ2v) is 5.48. The summed E-state index contributed by atoms with van der Waals surface area (Å²) in [6, 6.07) is 17.2. The molecule has 2 rings (SSSR count). The number of nitrogens with zero attached hydrogens (tertiary/aromatic N) is 1. The normalized spacial score (nSPS) is 9.80. The summed E-state index contributed by atoms with van der Waals surface area (Å²) in [4.78, 5) is 14.6. The predicted molar refractivity (Wildman–Crippen MR) is 104 cm³/mol. The van der Waals surface area contributed by atoms with Crippen molar-refractivity contribution in [1.82, 2.24) is 4.90 Å². The highest BCUT2D eigenvalue weighted by Gasteiger charge is 2.15. The molecule has 5 heteroatoms. The van der Waals surface area contributed by atoms with Crippen LogP contribution in [0.1, 0.15) is 22.3 Å². The van der Waals surface area contributed by atoms with Gasteiger partial charge in [-0.2, -0.15) is 0 Å². The third-order valence-electron chi connectivity index (χ3n) is 3.60. The summed E-state index contributed by atoms with van der Waals surface area (Å²) in [5.74, 6) is 0.727. The number of carbonyl (C=O) groups is 1. The molecule has 0 atom stereocenters. The van der Waals surface area contributed by atoms with E-state index in [2.05, 4.69) is 6.58 Å². The average Bonchev–Trinajstić information content (AvgIpc) is 2.64. The largest absolute Gasteiger partial charge is 0.490 e. The van der Waals surface area contributed by atoms with Gasteiger partial charge in [0.05, 0.1) is 0 Å². The fraction of sp³-hybridized carbons (Fsp3) is 0.250. The third kappa shape index (κ3) is 6.61. The van der Waals surface area contributed by atoms with Gasteiger partial charge in [-0.15, -0.1) is 12.4 Å². The first-order valence-electron chi connectivity index (χ1n) is 8.11. The zero-order valence-electron chi connectivity index (χ0n) is 14.3. The molecule has 1 amide bonds. The topological polar surface area (TPSA) is 55.6 Å². The van der Waals surface area contributed by atoms with E-state index in [1.807, 2.05) is 35.2 Å². The van der Waals surface area contributed by atoms with E-state index in [0.717, 1.165) is 17.7 Å². The lowest BCUT2D eigenvalue weighted by molar-refractivity contribution is 0.0742. The number of carbonyl (C=O) groups excluding carboxylic acids is 1. The SMILES string of the molecule is C=CCOc1ccc(C(=O)N(CCCN)Cc2ccccc2)cc1.Cl. The standard InChI is InChI=1S/C20H24N2O2.ClH/c1-2-15-24-19-11-9-18(10-12-19)20(23)22(14-6-13-21)16-17-7-4-3-5-8-17;/h2-5,7-12H,1,6,13-16,21H2;1H. The van der Waals surface area contributed by atoms with Crippen LogP contribution in [-0.2, 0) is 6.54 Å². The molecule has 0 unspecified atom stereocenters. The predicted octanol–water partition coefficient (Wildman–Crippen LogP) is 3.66. The minimum Gasteiger partial charge on any atom is -0.490 e. The van der Waals surface area contributed by atoms with Gasteiger partial charge >= 0.3 is 0 Å². The molecule has 0 aliphatic carbocycles. The number of halogens is 1. The molecule has 0 radical (unpaired) electrons. The lowest BCUT2D eigenvalue weighted by Gasteiger charge is -2.23. The Bertz CT molecular complexity index is 645. The zero-order valence-corrected chi connectivity index (χ0v) is 15.1. The summed E-state index contributed by atoms with van der Waals surface area (Å²) in [5.41, 5.74) is 7.37. The van der Waals surface area contributed by atoms with Crippen LogP contribution in [0.25, 0.3) is 0 Å². The zero-order chi connectivity index (χ0) is 17.2. The van der Waals surface area contributed by atoms with Crippen LogP contribution in [0.2, 0.25) is 0 Å². The van der Waals surface area contributed by atoms with Crippen LogP contribution in [0, 0.1) is 0 Å². The first-order chi connectivity index (χ1) is 11.7. The first-order valence-corrected chi connectivity index (χ1v) is 8.11. The summed E-state index contributed by atoms with van der Waals surface area (Å²) in [6.45, 7) is 5.84. The minimum absolute atomic E-state index is 0. The van der Waals surface area contributed by atoms with Crippen molar-refractivity contribution in [3.05, 3.63) is 78.4 Å². The second-order valence-electron chi connectivity index (χ2n) is 5.48. The molecule has 0 fully saturated rings. The molecule has 0 bridgehead atoms. The van der Waals surface area contributed by atoms with Crippen molar-refractivity contribution in [3.63, 3.8) is 0 Å². The van der Waals surface area contributed by atoms with Crippen LogP contribution in [0.3, 0.4) is 0 Å². The quantitative estimate of drug-likeness (QED) is 0.694. The molecule has 2 aromatic rings. The highest BCUT2D eigenvalue weighted by atomic mass is 35.5. The van der Waals surface area contributed by atoms with E-state index < -0.39 is 0 Å². The van der Waals surface area contributed by atoms with Crippen molar-refractivity contribution < 1.29 is 9.53 Å². The van der Waals surface area contributed by atoms with Crippen LogP contribution in [0.15, 0.2) is 67.3 Å². The first kappa shape index (κ1) is 20.7. The summed E-state index contributed by atoms with van der Waals surface area (Å²) in [6.07, 6.45) is 2.46. The van der Waals surface area contributed by atoms with Crippen LogP contribution >= 0.6 is 12.4 Å². The molecule has 25 heavy (non-hydrogen) atoms. The van der Waals surface area contributed by atoms with E-state index in [0.29, 0.717) is 31.8 Å². The van der Waals surface area contributed by atoms with Gasteiger partial charge in [0.2, 0.25) is 0 Å². The van der Waals surface area contributed by atoms with Gasteiger partial charge in [0.25, 0.3) is 5.91 Å². The summed E-state index contributed by atoms with van der Waals surface area (Å²) in [7, 11) is 0. The number of ether oxygens (including phenoxy) is 1. The maximum Gasteiger partial charge on any atom is 0.254 e. The second kappa shape index (κ2) is 11.3. The number of hydrogen-bond acceptors (Lipinski definition) is 3. The Labute approximate surface area is 155 Å². The number of hydrogen-bond donors (Lipinski definition) is 1. The van der Waals surface area contributed by atoms with Crippen LogP contribution < -0.4 is 10.5 Å². The molecule has 0 saturated heterocycles. The van der Waals surface area contributed by atoms with Gasteiger partial charge in [0, 0.05) is 18.7 Å². The van der Waals surface area contributed by atoms with E-state index in [9.17, 15) is 4.79 Å². The van der Waals surface area contributed by atoms with Crippen molar-refractivity contribution in [2.75, 3.05) is 19.7 Å².